The van der Waals surface area contributed by atoms with Crippen molar-refractivity contribution in [3.63, 3.8) is 0 Å². The first-order valence-electron chi connectivity index (χ1n) is 12.6. The van der Waals surface area contributed by atoms with E-state index in [1.165, 1.54) is 11.1 Å². The number of nitrogens with zero attached hydrogens (tertiary/aromatic N) is 7. The topological polar surface area (TPSA) is 129 Å². The van der Waals surface area contributed by atoms with Gasteiger partial charge in [-0.3, -0.25) is 9.59 Å². The van der Waals surface area contributed by atoms with E-state index in [1.54, 1.807) is 25.3 Å². The van der Waals surface area contributed by atoms with Gasteiger partial charge >= 0.3 is 0 Å². The number of carbonyl (C=O) groups is 2. The third-order valence-electron chi connectivity index (χ3n) is 6.39. The van der Waals surface area contributed by atoms with Crippen molar-refractivity contribution in [1.29, 1.82) is 0 Å². The average Bonchev–Trinajstić information content (AvgIpc) is 3.23. The Balaban J connectivity index is 1.28. The summed E-state index contributed by atoms with van der Waals surface area (Å²) in [6.45, 7) is 3.92. The molecule has 1 aliphatic heterocycles. The van der Waals surface area contributed by atoms with E-state index in [9.17, 15) is 9.59 Å². The number of nitrogens with one attached hydrogen (secondary N) is 2. The summed E-state index contributed by atoms with van der Waals surface area (Å²) in [5.74, 6) is 1.78. The predicted molar refractivity (Wildman–Crippen MR) is 152 cm³/mol. The van der Waals surface area contributed by atoms with Crippen molar-refractivity contribution in [2.24, 2.45) is 0 Å². The average molecular weight is 558 g/mol. The third-order valence-corrected chi connectivity index (χ3v) is 6.67. The van der Waals surface area contributed by atoms with Crippen LogP contribution in [0.5, 0.6) is 0 Å². The lowest BCUT2D eigenvalue weighted by molar-refractivity contribution is -0.122. The van der Waals surface area contributed by atoms with Crippen molar-refractivity contribution in [2.75, 3.05) is 30.9 Å². The molecule has 0 spiro atoms. The molecule has 0 saturated carbocycles. The van der Waals surface area contributed by atoms with Crippen LogP contribution in [0.1, 0.15) is 40.4 Å². The highest BCUT2D eigenvalue weighted by Crippen LogP contribution is 2.31. The molecule has 0 aliphatic carbocycles. The van der Waals surface area contributed by atoms with E-state index in [1.807, 2.05) is 56.3 Å². The van der Waals surface area contributed by atoms with Crippen LogP contribution in [-0.2, 0) is 11.3 Å². The van der Waals surface area contributed by atoms with Gasteiger partial charge in [-0.05, 0) is 43.7 Å². The second-order valence-electron chi connectivity index (χ2n) is 9.64. The number of halogens is 1. The Bertz CT molecular complexity index is 1590. The van der Waals surface area contributed by atoms with Crippen molar-refractivity contribution in [1.82, 2.24) is 35.1 Å². The molecule has 11 nitrogen and oxygen atoms in total. The van der Waals surface area contributed by atoms with Gasteiger partial charge in [-0.2, -0.15) is 0 Å². The van der Waals surface area contributed by atoms with Crippen molar-refractivity contribution >= 4 is 41.0 Å². The van der Waals surface area contributed by atoms with Crippen molar-refractivity contribution in [3.05, 3.63) is 82.5 Å². The van der Waals surface area contributed by atoms with Crippen LogP contribution in [0.4, 0.5) is 17.6 Å². The number of aryl methyl sites for hydroxylation is 1. The van der Waals surface area contributed by atoms with Gasteiger partial charge in [0.15, 0.2) is 0 Å². The standard InChI is InChI=1S/C28H28ClN9O2/c1-16(22-6-5-7-24(34-22)37(3)4)32-25(39)15-38-14-19-9-8-18(12-20(19)27(38)40)26-21(29)13-31-28(36-26)35-23-10-11-30-17(2)33-23/h5-13,16H,14-15H2,1-4H3,(H,32,39)(H,30,31,33,35,36)/t16-/m1/s1. The quantitative estimate of drug-likeness (QED) is 0.331. The van der Waals surface area contributed by atoms with Crippen LogP contribution in [0.2, 0.25) is 5.02 Å². The number of anilines is 3. The summed E-state index contributed by atoms with van der Waals surface area (Å²) in [7, 11) is 3.82. The zero-order valence-corrected chi connectivity index (χ0v) is 23.3. The highest BCUT2D eigenvalue weighted by molar-refractivity contribution is 6.33. The van der Waals surface area contributed by atoms with Crippen molar-refractivity contribution in [2.45, 2.75) is 26.4 Å². The number of hydrogen-bond acceptors (Lipinski definition) is 9. The van der Waals surface area contributed by atoms with Gasteiger partial charge in [-0.15, -0.1) is 0 Å². The summed E-state index contributed by atoms with van der Waals surface area (Å²) in [6, 6.07) is 12.5. The number of amides is 2. The minimum Gasteiger partial charge on any atom is -0.363 e. The van der Waals surface area contributed by atoms with Crippen LogP contribution in [0.15, 0.2) is 54.9 Å². The van der Waals surface area contributed by atoms with Gasteiger partial charge in [0, 0.05) is 38.0 Å². The molecule has 204 valence electrons. The molecule has 4 aromatic rings. The number of aromatic nitrogens is 5. The summed E-state index contributed by atoms with van der Waals surface area (Å²) in [6.07, 6.45) is 3.13. The first-order chi connectivity index (χ1) is 19.2. The molecule has 5 rings (SSSR count). The van der Waals surface area contributed by atoms with E-state index in [0.717, 1.165) is 17.1 Å². The number of pyridine rings is 1. The Morgan fingerprint density at radius 3 is 2.73 bits per heavy atom. The maximum absolute atomic E-state index is 13.3. The highest BCUT2D eigenvalue weighted by atomic mass is 35.5. The maximum atomic E-state index is 13.3. The molecule has 0 bridgehead atoms. The molecule has 4 heterocycles. The molecular formula is C28H28ClN9O2. The Hall–Kier alpha value is -4.64. The molecule has 1 aliphatic rings. The zero-order valence-electron chi connectivity index (χ0n) is 22.5. The first kappa shape index (κ1) is 26.9. The fourth-order valence-electron chi connectivity index (χ4n) is 4.37. The number of carbonyl (C=O) groups excluding carboxylic acids is 2. The lowest BCUT2D eigenvalue weighted by Crippen LogP contribution is -2.38. The zero-order chi connectivity index (χ0) is 28.4. The first-order valence-corrected chi connectivity index (χ1v) is 13.0. The van der Waals surface area contributed by atoms with Gasteiger partial charge in [-0.25, -0.2) is 24.9 Å². The normalized spacial score (nSPS) is 13.1. The molecule has 40 heavy (non-hydrogen) atoms. The summed E-state index contributed by atoms with van der Waals surface area (Å²) in [5.41, 5.74) is 3.21. The number of fused-ring (bicyclic) bond motifs is 1. The Kier molecular flexibility index (Phi) is 7.56. The molecule has 0 unspecified atom stereocenters. The molecule has 0 saturated heterocycles. The van der Waals surface area contributed by atoms with Gasteiger partial charge in [0.05, 0.1) is 28.6 Å². The van der Waals surface area contributed by atoms with Gasteiger partial charge in [0.1, 0.15) is 24.0 Å². The van der Waals surface area contributed by atoms with Gasteiger partial charge < -0.3 is 20.4 Å². The molecule has 2 N–H and O–H groups in total. The number of hydrogen-bond donors (Lipinski definition) is 2. The lowest BCUT2D eigenvalue weighted by atomic mass is 10.0. The van der Waals surface area contributed by atoms with E-state index in [-0.39, 0.29) is 24.4 Å². The van der Waals surface area contributed by atoms with Crippen LogP contribution in [-0.4, -0.2) is 62.3 Å². The molecule has 2 amide bonds. The van der Waals surface area contributed by atoms with E-state index in [2.05, 4.69) is 35.6 Å². The second kappa shape index (κ2) is 11.2. The van der Waals surface area contributed by atoms with Crippen molar-refractivity contribution in [3.8, 4) is 11.3 Å². The van der Waals surface area contributed by atoms with Crippen LogP contribution in [0.3, 0.4) is 0 Å². The van der Waals surface area contributed by atoms with Crippen LogP contribution < -0.4 is 15.5 Å². The Morgan fingerprint density at radius 1 is 1.12 bits per heavy atom. The number of rotatable bonds is 8. The largest absolute Gasteiger partial charge is 0.363 e. The van der Waals surface area contributed by atoms with Crippen LogP contribution >= 0.6 is 11.6 Å². The Labute approximate surface area is 236 Å². The lowest BCUT2D eigenvalue weighted by Gasteiger charge is -2.19. The second-order valence-corrected chi connectivity index (χ2v) is 10.0. The SMILES string of the molecule is Cc1nccc(Nc2ncc(Cl)c(-c3ccc4c(c3)C(=O)N(CC(=O)N[C@H](C)c3cccc(N(C)C)n3)C4)n2)n1. The third kappa shape index (κ3) is 5.84. The molecule has 3 aromatic heterocycles. The van der Waals surface area contributed by atoms with E-state index >= 15 is 0 Å². The maximum Gasteiger partial charge on any atom is 0.254 e. The predicted octanol–water partition coefficient (Wildman–Crippen LogP) is 3.93. The summed E-state index contributed by atoms with van der Waals surface area (Å²) in [5, 5.41) is 6.34. The van der Waals surface area contributed by atoms with Gasteiger partial charge in [0.2, 0.25) is 11.9 Å². The minimum absolute atomic E-state index is 0.0682. The van der Waals surface area contributed by atoms with Gasteiger partial charge in [0.25, 0.3) is 5.91 Å². The fourth-order valence-corrected chi connectivity index (χ4v) is 4.57. The van der Waals surface area contributed by atoms with Crippen molar-refractivity contribution < 1.29 is 9.59 Å². The van der Waals surface area contributed by atoms with Crippen LogP contribution in [0.25, 0.3) is 11.3 Å². The minimum atomic E-state index is -0.312. The fraction of sp³-hybridized carbons (Fsp3) is 0.250. The summed E-state index contributed by atoms with van der Waals surface area (Å²) < 4.78 is 0. The Morgan fingerprint density at radius 2 is 1.95 bits per heavy atom. The molecule has 1 aromatic carbocycles. The molecule has 0 fully saturated rings. The molecule has 0 radical (unpaired) electrons. The van der Waals surface area contributed by atoms with Gasteiger partial charge in [-0.1, -0.05) is 29.8 Å². The van der Waals surface area contributed by atoms with E-state index in [0.29, 0.717) is 46.0 Å². The number of benzene rings is 1. The summed E-state index contributed by atoms with van der Waals surface area (Å²) >= 11 is 6.44. The van der Waals surface area contributed by atoms with E-state index in [4.69, 9.17) is 11.6 Å². The smallest absolute Gasteiger partial charge is 0.254 e. The molecule has 12 heteroatoms. The highest BCUT2D eigenvalue weighted by Gasteiger charge is 2.30. The van der Waals surface area contributed by atoms with Crippen LogP contribution in [0, 0.1) is 6.92 Å². The monoisotopic (exact) mass is 557 g/mol. The molecular weight excluding hydrogens is 530 g/mol. The molecule has 1 atom stereocenters. The van der Waals surface area contributed by atoms with E-state index < -0.39 is 0 Å². The summed E-state index contributed by atoms with van der Waals surface area (Å²) in [4.78, 5) is 51.3.